The van der Waals surface area contributed by atoms with Gasteiger partial charge in [0.15, 0.2) is 0 Å². The number of hydrogen-bond donors (Lipinski definition) is 0. The molecule has 0 spiro atoms. The molecule has 0 aliphatic carbocycles. The molecular formula is C38H25N3. The molecule has 0 N–H and O–H groups in total. The molecule has 6 aromatic carbocycles. The number of para-hydroxylation sites is 1. The van der Waals surface area contributed by atoms with Crippen LogP contribution in [0.5, 0.6) is 0 Å². The van der Waals surface area contributed by atoms with Crippen LogP contribution >= 0.6 is 0 Å². The normalized spacial score (nSPS) is 10.9. The topological polar surface area (TPSA) is 39.9 Å². The molecule has 192 valence electrons. The van der Waals surface area contributed by atoms with E-state index in [1.807, 2.05) is 36.4 Å². The summed E-state index contributed by atoms with van der Waals surface area (Å²) >= 11 is 0. The maximum Gasteiger partial charge on any atom is 0.142 e. The Morgan fingerprint density at radius 1 is 0.488 bits per heavy atom. The Bertz CT molecular complexity index is 2000. The Kier molecular flexibility index (Phi) is 6.20. The van der Waals surface area contributed by atoms with Crippen molar-refractivity contribution in [1.29, 1.82) is 5.26 Å². The Hall–Kier alpha value is -5.72. The summed E-state index contributed by atoms with van der Waals surface area (Å²) in [5.41, 5.74) is 7.14. The van der Waals surface area contributed by atoms with Gasteiger partial charge in [0.1, 0.15) is 17.6 Å². The number of hydrogen-bond acceptors (Lipinski definition) is 3. The van der Waals surface area contributed by atoms with E-state index in [0.717, 1.165) is 32.9 Å². The van der Waals surface area contributed by atoms with Gasteiger partial charge in [-0.25, -0.2) is 4.98 Å². The molecule has 7 rings (SSSR count). The second-order valence-electron chi connectivity index (χ2n) is 9.93. The second kappa shape index (κ2) is 10.4. The van der Waals surface area contributed by atoms with Crippen LogP contribution < -0.4 is 4.90 Å². The molecule has 0 aliphatic rings. The molecule has 3 heteroatoms. The third kappa shape index (κ3) is 4.38. The van der Waals surface area contributed by atoms with E-state index < -0.39 is 0 Å². The number of fused-ring (bicyclic) bond motifs is 2. The van der Waals surface area contributed by atoms with Crippen molar-refractivity contribution in [3.63, 3.8) is 0 Å². The molecular weight excluding hydrogens is 498 g/mol. The lowest BCUT2D eigenvalue weighted by molar-refractivity contribution is 1.17. The van der Waals surface area contributed by atoms with Gasteiger partial charge in [-0.3, -0.25) is 4.90 Å². The summed E-state index contributed by atoms with van der Waals surface area (Å²) in [6, 6.07) is 54.5. The van der Waals surface area contributed by atoms with Gasteiger partial charge in [-0.05, 0) is 63.4 Å². The van der Waals surface area contributed by atoms with Gasteiger partial charge in [-0.2, -0.15) is 5.26 Å². The summed E-state index contributed by atoms with van der Waals surface area (Å²) in [6.07, 6.45) is 0. The van der Waals surface area contributed by atoms with Crippen molar-refractivity contribution in [1.82, 2.24) is 4.98 Å². The quantitative estimate of drug-likeness (QED) is 0.211. The van der Waals surface area contributed by atoms with E-state index in [4.69, 9.17) is 4.98 Å². The first kappa shape index (κ1) is 24.3. The molecule has 1 heterocycles. The number of anilines is 3. The van der Waals surface area contributed by atoms with E-state index >= 15 is 0 Å². The van der Waals surface area contributed by atoms with Gasteiger partial charge in [-0.1, -0.05) is 121 Å². The van der Waals surface area contributed by atoms with E-state index in [2.05, 4.69) is 120 Å². The van der Waals surface area contributed by atoms with E-state index in [1.54, 1.807) is 6.07 Å². The van der Waals surface area contributed by atoms with Crippen molar-refractivity contribution >= 4 is 38.7 Å². The van der Waals surface area contributed by atoms with Gasteiger partial charge in [0.2, 0.25) is 0 Å². The zero-order chi connectivity index (χ0) is 27.6. The molecule has 0 amide bonds. The fraction of sp³-hybridized carbons (Fsp3) is 0. The Balaban J connectivity index is 1.57. The molecule has 1 aromatic heterocycles. The first-order chi connectivity index (χ1) is 20.3. The highest BCUT2D eigenvalue weighted by Gasteiger charge is 2.22. The maximum absolute atomic E-state index is 9.66. The van der Waals surface area contributed by atoms with Crippen molar-refractivity contribution in [2.24, 2.45) is 0 Å². The summed E-state index contributed by atoms with van der Waals surface area (Å²) in [5.74, 6) is 0.699. The fourth-order valence-electron chi connectivity index (χ4n) is 5.71. The van der Waals surface area contributed by atoms with E-state index in [1.165, 1.54) is 22.3 Å². The number of rotatable bonds is 5. The molecule has 0 fully saturated rings. The van der Waals surface area contributed by atoms with Gasteiger partial charge < -0.3 is 0 Å². The van der Waals surface area contributed by atoms with Crippen molar-refractivity contribution in [2.45, 2.75) is 0 Å². The monoisotopic (exact) mass is 523 g/mol. The minimum Gasteiger partial charge on any atom is -0.294 e. The SMILES string of the molecule is N#Cc1cccc(N(c2ccccc2)c2c3ccccc3c(-c3cccc(-c4ccccc4)c3)c3ccccc23)n1. The molecule has 0 saturated carbocycles. The van der Waals surface area contributed by atoms with E-state index in [0.29, 0.717) is 11.5 Å². The first-order valence-corrected chi connectivity index (χ1v) is 13.6. The average molecular weight is 524 g/mol. The fourth-order valence-corrected chi connectivity index (χ4v) is 5.71. The molecule has 7 aromatic rings. The van der Waals surface area contributed by atoms with E-state index in [9.17, 15) is 5.26 Å². The van der Waals surface area contributed by atoms with Crippen molar-refractivity contribution in [3.05, 3.63) is 157 Å². The molecule has 3 nitrogen and oxygen atoms in total. The lowest BCUT2D eigenvalue weighted by Crippen LogP contribution is -2.13. The molecule has 0 radical (unpaired) electrons. The van der Waals surface area contributed by atoms with Gasteiger partial charge in [0.25, 0.3) is 0 Å². The molecule has 0 unspecified atom stereocenters. The summed E-state index contributed by atoms with van der Waals surface area (Å²) in [4.78, 5) is 6.92. The molecule has 0 bridgehead atoms. The van der Waals surface area contributed by atoms with Gasteiger partial charge in [0, 0.05) is 16.5 Å². The molecule has 41 heavy (non-hydrogen) atoms. The van der Waals surface area contributed by atoms with Crippen LogP contribution in [-0.4, -0.2) is 4.98 Å². The van der Waals surface area contributed by atoms with Crippen molar-refractivity contribution < 1.29 is 0 Å². The third-order valence-corrected chi connectivity index (χ3v) is 7.48. The third-order valence-electron chi connectivity index (χ3n) is 7.48. The Labute approximate surface area is 239 Å². The largest absolute Gasteiger partial charge is 0.294 e. The second-order valence-corrected chi connectivity index (χ2v) is 9.93. The summed E-state index contributed by atoms with van der Waals surface area (Å²) in [7, 11) is 0. The van der Waals surface area contributed by atoms with Crippen LogP contribution in [0.3, 0.4) is 0 Å². The Morgan fingerprint density at radius 3 is 1.68 bits per heavy atom. The molecule has 0 aliphatic heterocycles. The van der Waals surface area contributed by atoms with Gasteiger partial charge in [0.05, 0.1) is 5.69 Å². The number of nitrogens with zero attached hydrogens (tertiary/aromatic N) is 3. The first-order valence-electron chi connectivity index (χ1n) is 13.6. The number of nitriles is 1. The minimum atomic E-state index is 0.381. The van der Waals surface area contributed by atoms with Crippen LogP contribution in [0.25, 0.3) is 43.8 Å². The predicted octanol–water partition coefficient (Wildman–Crippen LogP) is 10.1. The Morgan fingerprint density at radius 2 is 1.02 bits per heavy atom. The van der Waals surface area contributed by atoms with Gasteiger partial charge >= 0.3 is 0 Å². The smallest absolute Gasteiger partial charge is 0.142 e. The highest BCUT2D eigenvalue weighted by Crippen LogP contribution is 2.47. The van der Waals surface area contributed by atoms with Crippen LogP contribution in [0.1, 0.15) is 5.69 Å². The molecule has 0 saturated heterocycles. The predicted molar refractivity (Wildman–Crippen MR) is 170 cm³/mol. The number of aromatic nitrogens is 1. The molecule has 0 atom stereocenters. The highest BCUT2D eigenvalue weighted by atomic mass is 15.2. The minimum absolute atomic E-state index is 0.381. The van der Waals surface area contributed by atoms with Crippen molar-refractivity contribution in [3.8, 4) is 28.3 Å². The van der Waals surface area contributed by atoms with Crippen LogP contribution in [0, 0.1) is 11.3 Å². The summed E-state index contributed by atoms with van der Waals surface area (Å²) in [5, 5.41) is 14.2. The number of pyridine rings is 1. The van der Waals surface area contributed by atoms with Gasteiger partial charge in [-0.15, -0.1) is 0 Å². The maximum atomic E-state index is 9.66. The highest BCUT2D eigenvalue weighted by molar-refractivity contribution is 6.22. The zero-order valence-electron chi connectivity index (χ0n) is 22.3. The van der Waals surface area contributed by atoms with Crippen LogP contribution in [-0.2, 0) is 0 Å². The lowest BCUT2D eigenvalue weighted by Gasteiger charge is -2.28. The van der Waals surface area contributed by atoms with Crippen LogP contribution in [0.15, 0.2) is 152 Å². The van der Waals surface area contributed by atoms with Crippen molar-refractivity contribution in [2.75, 3.05) is 4.90 Å². The number of benzene rings is 6. The standard InChI is InChI=1S/C38H25N3/c39-26-30-17-12-24-36(40-30)41(31-18-5-2-6-19-31)38-34-22-9-7-20-32(34)37(33-21-8-10-23-35(33)38)29-16-11-15-28(25-29)27-13-3-1-4-14-27/h1-25H. The average Bonchev–Trinajstić information content (AvgIpc) is 3.06. The van der Waals surface area contributed by atoms with Crippen LogP contribution in [0.2, 0.25) is 0 Å². The van der Waals surface area contributed by atoms with E-state index in [-0.39, 0.29) is 0 Å². The van der Waals surface area contributed by atoms with Crippen LogP contribution in [0.4, 0.5) is 17.2 Å². The zero-order valence-corrected chi connectivity index (χ0v) is 22.3. The summed E-state index contributed by atoms with van der Waals surface area (Å²) in [6.45, 7) is 0. The summed E-state index contributed by atoms with van der Waals surface area (Å²) < 4.78 is 0. The lowest BCUT2D eigenvalue weighted by atomic mass is 9.89.